The number of carbonyl (C=O) groups is 2. The minimum absolute atomic E-state index is 0.131. The highest BCUT2D eigenvalue weighted by molar-refractivity contribution is 5.97. The Morgan fingerprint density at radius 3 is 2.56 bits per heavy atom. The Balaban J connectivity index is 1.50. The number of aromatic amines is 1. The molecule has 0 saturated carbocycles. The average molecular weight is 428 g/mol. The molecule has 0 radical (unpaired) electrons. The minimum atomic E-state index is -0.807. The third kappa shape index (κ3) is 5.35. The van der Waals surface area contributed by atoms with Crippen LogP contribution in [0.2, 0.25) is 0 Å². The van der Waals surface area contributed by atoms with Gasteiger partial charge < -0.3 is 20.4 Å². The van der Waals surface area contributed by atoms with E-state index >= 15 is 0 Å². The molecular formula is C26H25N3O3. The molecular weight excluding hydrogens is 402 g/mol. The normalized spacial score (nSPS) is 11.7. The van der Waals surface area contributed by atoms with E-state index in [2.05, 4.69) is 15.6 Å². The second-order valence-electron chi connectivity index (χ2n) is 7.68. The molecule has 0 aliphatic rings. The first-order valence-electron chi connectivity index (χ1n) is 10.5. The van der Waals surface area contributed by atoms with Crippen LogP contribution in [0.4, 0.5) is 10.5 Å². The molecule has 4 rings (SSSR count). The molecule has 0 aliphatic carbocycles. The number of carbonyl (C=O) groups excluding carboxylic acids is 2. The van der Waals surface area contributed by atoms with Crippen molar-refractivity contribution in [1.29, 1.82) is 0 Å². The first kappa shape index (κ1) is 21.2. The summed E-state index contributed by atoms with van der Waals surface area (Å²) < 4.78 is 5.35. The van der Waals surface area contributed by atoms with Gasteiger partial charge >= 0.3 is 6.09 Å². The lowest BCUT2D eigenvalue weighted by molar-refractivity contribution is -0.118. The first-order chi connectivity index (χ1) is 15.6. The van der Waals surface area contributed by atoms with E-state index in [0.717, 1.165) is 27.6 Å². The van der Waals surface area contributed by atoms with Crippen LogP contribution in [-0.2, 0) is 22.6 Å². The van der Waals surface area contributed by atoms with Crippen LogP contribution in [0.3, 0.4) is 0 Å². The van der Waals surface area contributed by atoms with E-state index in [4.69, 9.17) is 4.74 Å². The van der Waals surface area contributed by atoms with E-state index in [1.54, 1.807) is 0 Å². The van der Waals surface area contributed by atoms with E-state index in [-0.39, 0.29) is 12.5 Å². The van der Waals surface area contributed by atoms with Crippen LogP contribution in [-0.4, -0.2) is 23.0 Å². The van der Waals surface area contributed by atoms with Gasteiger partial charge in [0.15, 0.2) is 0 Å². The fraction of sp³-hybridized carbons (Fsp3) is 0.154. The van der Waals surface area contributed by atoms with Gasteiger partial charge in [0.1, 0.15) is 12.6 Å². The number of fused-ring (bicyclic) bond motifs is 1. The van der Waals surface area contributed by atoms with Crippen LogP contribution in [0, 0.1) is 6.92 Å². The lowest BCUT2D eigenvalue weighted by Gasteiger charge is -2.18. The molecule has 1 heterocycles. The maximum atomic E-state index is 13.1. The third-order valence-electron chi connectivity index (χ3n) is 5.21. The standard InChI is InChI=1S/C26H25N3O3/c1-18-8-7-11-21(14-18)28-25(30)24(15-20-16-27-23-13-6-5-12-22(20)23)29-26(31)32-17-19-9-3-2-4-10-19/h2-14,16,24,27H,15,17H2,1H3,(H,28,30)(H,29,31)/t24-/m0/s1. The molecule has 2 amide bonds. The number of aromatic nitrogens is 1. The van der Waals surface area contributed by atoms with E-state index in [1.165, 1.54) is 0 Å². The lowest BCUT2D eigenvalue weighted by atomic mass is 10.0. The van der Waals surface area contributed by atoms with Crippen molar-refractivity contribution >= 4 is 28.6 Å². The highest BCUT2D eigenvalue weighted by Crippen LogP contribution is 2.20. The van der Waals surface area contributed by atoms with Crippen LogP contribution in [0.5, 0.6) is 0 Å². The van der Waals surface area contributed by atoms with E-state index in [9.17, 15) is 9.59 Å². The number of ether oxygens (including phenoxy) is 1. The number of anilines is 1. The number of hydrogen-bond donors (Lipinski definition) is 3. The molecule has 0 unspecified atom stereocenters. The monoisotopic (exact) mass is 427 g/mol. The van der Waals surface area contributed by atoms with Gasteiger partial charge in [-0.3, -0.25) is 4.79 Å². The molecule has 0 bridgehead atoms. The molecule has 3 N–H and O–H groups in total. The van der Waals surface area contributed by atoms with Crippen molar-refractivity contribution in [1.82, 2.24) is 10.3 Å². The molecule has 6 heteroatoms. The molecule has 4 aromatic rings. The van der Waals surface area contributed by atoms with Crippen molar-refractivity contribution in [3.05, 3.63) is 102 Å². The maximum Gasteiger partial charge on any atom is 0.408 e. The molecule has 32 heavy (non-hydrogen) atoms. The largest absolute Gasteiger partial charge is 0.445 e. The van der Waals surface area contributed by atoms with Crippen LogP contribution in [0.25, 0.3) is 10.9 Å². The minimum Gasteiger partial charge on any atom is -0.445 e. The summed E-state index contributed by atoms with van der Waals surface area (Å²) in [6.07, 6.45) is 1.55. The number of aryl methyl sites for hydroxylation is 1. The van der Waals surface area contributed by atoms with Crippen molar-refractivity contribution in [2.75, 3.05) is 5.32 Å². The molecule has 1 aromatic heterocycles. The smallest absolute Gasteiger partial charge is 0.408 e. The lowest BCUT2D eigenvalue weighted by Crippen LogP contribution is -2.45. The fourth-order valence-electron chi connectivity index (χ4n) is 3.59. The van der Waals surface area contributed by atoms with Gasteiger partial charge in [-0.15, -0.1) is 0 Å². The summed E-state index contributed by atoms with van der Waals surface area (Å²) in [6.45, 7) is 2.09. The number of hydrogen-bond acceptors (Lipinski definition) is 3. The van der Waals surface area contributed by atoms with Gasteiger partial charge in [0.25, 0.3) is 0 Å². The molecule has 162 valence electrons. The number of rotatable bonds is 7. The van der Waals surface area contributed by atoms with Crippen molar-refractivity contribution in [2.45, 2.75) is 26.0 Å². The van der Waals surface area contributed by atoms with Crippen LogP contribution >= 0.6 is 0 Å². The number of alkyl carbamates (subject to hydrolysis) is 1. The number of benzene rings is 3. The highest BCUT2D eigenvalue weighted by atomic mass is 16.5. The Labute approximate surface area is 186 Å². The molecule has 1 atom stereocenters. The Kier molecular flexibility index (Phi) is 6.51. The first-order valence-corrected chi connectivity index (χ1v) is 10.5. The second kappa shape index (κ2) is 9.83. The Bertz CT molecular complexity index is 1220. The van der Waals surface area contributed by atoms with Gasteiger partial charge in [-0.05, 0) is 41.8 Å². The molecule has 0 aliphatic heterocycles. The van der Waals surface area contributed by atoms with Crippen molar-refractivity contribution in [3.8, 4) is 0 Å². The Hall–Kier alpha value is -4.06. The van der Waals surface area contributed by atoms with Crippen LogP contribution in [0.1, 0.15) is 16.7 Å². The predicted molar refractivity (Wildman–Crippen MR) is 125 cm³/mol. The van der Waals surface area contributed by atoms with Crippen LogP contribution in [0.15, 0.2) is 85.1 Å². The van der Waals surface area contributed by atoms with Gasteiger partial charge in [-0.2, -0.15) is 0 Å². The number of amides is 2. The zero-order valence-corrected chi connectivity index (χ0v) is 17.8. The molecule has 3 aromatic carbocycles. The topological polar surface area (TPSA) is 83.2 Å². The van der Waals surface area contributed by atoms with Gasteiger partial charge in [-0.1, -0.05) is 60.7 Å². The summed E-state index contributed by atoms with van der Waals surface area (Å²) in [5.41, 5.74) is 4.50. The van der Waals surface area contributed by atoms with E-state index in [0.29, 0.717) is 12.1 Å². The quantitative estimate of drug-likeness (QED) is 0.390. The van der Waals surface area contributed by atoms with Crippen molar-refractivity contribution < 1.29 is 14.3 Å². The Morgan fingerprint density at radius 2 is 1.75 bits per heavy atom. The number of nitrogens with one attached hydrogen (secondary N) is 3. The third-order valence-corrected chi connectivity index (χ3v) is 5.21. The van der Waals surface area contributed by atoms with Gasteiger partial charge in [-0.25, -0.2) is 4.79 Å². The molecule has 0 saturated heterocycles. The molecule has 6 nitrogen and oxygen atoms in total. The summed E-state index contributed by atoms with van der Waals surface area (Å²) in [6, 6.07) is 24.0. The zero-order chi connectivity index (χ0) is 22.3. The number of H-pyrrole nitrogens is 1. The zero-order valence-electron chi connectivity index (χ0n) is 17.8. The van der Waals surface area contributed by atoms with Gasteiger partial charge in [0.2, 0.25) is 5.91 Å². The summed E-state index contributed by atoms with van der Waals surface area (Å²) >= 11 is 0. The van der Waals surface area contributed by atoms with Crippen LogP contribution < -0.4 is 10.6 Å². The average Bonchev–Trinajstić information content (AvgIpc) is 3.21. The van der Waals surface area contributed by atoms with E-state index in [1.807, 2.05) is 92.0 Å². The summed E-state index contributed by atoms with van der Waals surface area (Å²) in [4.78, 5) is 28.8. The SMILES string of the molecule is Cc1cccc(NC(=O)[C@H](Cc2c[nH]c3ccccc23)NC(=O)OCc2ccccc2)c1. The summed E-state index contributed by atoms with van der Waals surface area (Å²) in [7, 11) is 0. The Morgan fingerprint density at radius 1 is 0.969 bits per heavy atom. The van der Waals surface area contributed by atoms with Crippen molar-refractivity contribution in [2.24, 2.45) is 0 Å². The molecule has 0 spiro atoms. The molecule has 0 fully saturated rings. The fourth-order valence-corrected chi connectivity index (χ4v) is 3.59. The summed E-state index contributed by atoms with van der Waals surface area (Å²) in [5.74, 6) is -0.308. The highest BCUT2D eigenvalue weighted by Gasteiger charge is 2.23. The summed E-state index contributed by atoms with van der Waals surface area (Å²) in [5, 5.41) is 6.66. The predicted octanol–water partition coefficient (Wildman–Crippen LogP) is 4.95. The number of para-hydroxylation sites is 1. The van der Waals surface area contributed by atoms with E-state index < -0.39 is 12.1 Å². The van der Waals surface area contributed by atoms with Gasteiger partial charge in [0, 0.05) is 29.2 Å². The maximum absolute atomic E-state index is 13.1. The van der Waals surface area contributed by atoms with Crippen molar-refractivity contribution in [3.63, 3.8) is 0 Å². The van der Waals surface area contributed by atoms with Gasteiger partial charge in [0.05, 0.1) is 0 Å². The second-order valence-corrected chi connectivity index (χ2v) is 7.68.